The summed E-state index contributed by atoms with van der Waals surface area (Å²) in [5, 5.41) is 0.259. The van der Waals surface area contributed by atoms with Gasteiger partial charge < -0.3 is 5.73 Å². The number of nitrogens with two attached hydrogens (primary N) is 1. The minimum Gasteiger partial charge on any atom is -0.326 e. The van der Waals surface area contributed by atoms with Crippen LogP contribution >= 0.6 is 11.6 Å². The van der Waals surface area contributed by atoms with Gasteiger partial charge in [-0.05, 0) is 42.9 Å². The minimum absolute atomic E-state index is 0.191. The maximum Gasteiger partial charge on any atom is 0.244 e. The molecule has 6 heteroatoms. The molecule has 0 amide bonds. The second kappa shape index (κ2) is 7.09. The Morgan fingerprint density at radius 1 is 1.33 bits per heavy atom. The molecule has 0 aromatic heterocycles. The first-order valence-electron chi connectivity index (χ1n) is 7.47. The van der Waals surface area contributed by atoms with Crippen LogP contribution in [0.25, 0.3) is 0 Å². The van der Waals surface area contributed by atoms with E-state index in [2.05, 4.69) is 6.92 Å². The lowest BCUT2D eigenvalue weighted by Gasteiger charge is -2.21. The van der Waals surface area contributed by atoms with Crippen LogP contribution in [-0.2, 0) is 16.6 Å². The average Bonchev–Trinajstić information content (AvgIpc) is 2.72. The smallest absolute Gasteiger partial charge is 0.244 e. The number of hydrogen-bond donors (Lipinski definition) is 1. The topological polar surface area (TPSA) is 63.4 Å². The third-order valence-electron chi connectivity index (χ3n) is 4.23. The van der Waals surface area contributed by atoms with Crippen LogP contribution in [0.3, 0.4) is 0 Å². The van der Waals surface area contributed by atoms with Crippen molar-refractivity contribution in [2.75, 3.05) is 13.1 Å². The van der Waals surface area contributed by atoms with Gasteiger partial charge >= 0.3 is 0 Å². The molecule has 1 aliphatic rings. The lowest BCUT2D eigenvalue weighted by molar-refractivity contribution is 0.407. The van der Waals surface area contributed by atoms with Crippen LogP contribution in [0.5, 0.6) is 0 Å². The SMILES string of the molecule is CCC1CCCN(S(=O)(=O)c2ccc(CN)cc2Cl)CC1. The van der Waals surface area contributed by atoms with E-state index in [1.165, 1.54) is 0 Å². The zero-order valence-corrected chi connectivity index (χ0v) is 14.0. The summed E-state index contributed by atoms with van der Waals surface area (Å²) in [4.78, 5) is 0.191. The van der Waals surface area contributed by atoms with Crippen LogP contribution in [0.1, 0.15) is 38.2 Å². The van der Waals surface area contributed by atoms with Crippen LogP contribution in [0, 0.1) is 5.92 Å². The van der Waals surface area contributed by atoms with Gasteiger partial charge in [-0.3, -0.25) is 0 Å². The van der Waals surface area contributed by atoms with Crippen LogP contribution in [0.4, 0.5) is 0 Å². The zero-order chi connectivity index (χ0) is 15.5. The lowest BCUT2D eigenvalue weighted by Crippen LogP contribution is -2.32. The molecule has 1 aliphatic heterocycles. The van der Waals surface area contributed by atoms with Gasteiger partial charge in [0.2, 0.25) is 10.0 Å². The highest BCUT2D eigenvalue weighted by atomic mass is 35.5. The summed E-state index contributed by atoms with van der Waals surface area (Å²) < 4.78 is 27.1. The molecule has 1 aromatic carbocycles. The fourth-order valence-corrected chi connectivity index (χ4v) is 4.84. The van der Waals surface area contributed by atoms with Crippen LogP contribution in [-0.4, -0.2) is 25.8 Å². The Kier molecular flexibility index (Phi) is 5.66. The van der Waals surface area contributed by atoms with Gasteiger partial charge in [-0.25, -0.2) is 8.42 Å². The van der Waals surface area contributed by atoms with Gasteiger partial charge in [0, 0.05) is 19.6 Å². The Bertz CT molecular complexity index is 589. The molecular weight excluding hydrogens is 308 g/mol. The van der Waals surface area contributed by atoms with E-state index in [0.717, 1.165) is 31.2 Å². The molecule has 1 atom stereocenters. The molecule has 1 aromatic rings. The Morgan fingerprint density at radius 2 is 2.10 bits per heavy atom. The number of rotatable bonds is 4. The quantitative estimate of drug-likeness (QED) is 0.923. The molecule has 2 rings (SSSR count). The van der Waals surface area contributed by atoms with Gasteiger partial charge in [0.15, 0.2) is 0 Å². The summed E-state index contributed by atoms with van der Waals surface area (Å²) in [5.74, 6) is 0.625. The van der Waals surface area contributed by atoms with Crippen molar-refractivity contribution < 1.29 is 8.42 Å². The van der Waals surface area contributed by atoms with Crippen LogP contribution in [0.2, 0.25) is 5.02 Å². The predicted octanol–water partition coefficient (Wildman–Crippen LogP) is 3.00. The Labute approximate surface area is 132 Å². The number of sulfonamides is 1. The summed E-state index contributed by atoms with van der Waals surface area (Å²) in [5.41, 5.74) is 6.39. The second-order valence-electron chi connectivity index (χ2n) is 5.58. The van der Waals surface area contributed by atoms with E-state index in [1.54, 1.807) is 22.5 Å². The third kappa shape index (κ3) is 3.77. The molecule has 0 bridgehead atoms. The van der Waals surface area contributed by atoms with Gasteiger partial charge in [-0.15, -0.1) is 0 Å². The van der Waals surface area contributed by atoms with Crippen molar-refractivity contribution in [3.63, 3.8) is 0 Å². The van der Waals surface area contributed by atoms with E-state index in [9.17, 15) is 8.42 Å². The second-order valence-corrected chi connectivity index (χ2v) is 7.89. The predicted molar refractivity (Wildman–Crippen MR) is 85.7 cm³/mol. The molecule has 0 saturated carbocycles. The fraction of sp³-hybridized carbons (Fsp3) is 0.600. The highest BCUT2D eigenvalue weighted by molar-refractivity contribution is 7.89. The molecule has 1 unspecified atom stereocenters. The van der Waals surface area contributed by atoms with E-state index in [4.69, 9.17) is 17.3 Å². The molecule has 21 heavy (non-hydrogen) atoms. The van der Waals surface area contributed by atoms with Crippen LogP contribution < -0.4 is 5.73 Å². The van der Waals surface area contributed by atoms with Gasteiger partial charge in [0.25, 0.3) is 0 Å². The first kappa shape index (κ1) is 16.7. The van der Waals surface area contributed by atoms with E-state index in [0.29, 0.717) is 25.6 Å². The molecule has 0 spiro atoms. The van der Waals surface area contributed by atoms with Crippen molar-refractivity contribution in [2.45, 2.75) is 44.0 Å². The van der Waals surface area contributed by atoms with Crippen molar-refractivity contribution in [3.05, 3.63) is 28.8 Å². The van der Waals surface area contributed by atoms with Crippen molar-refractivity contribution >= 4 is 21.6 Å². The molecule has 1 fully saturated rings. The maximum absolute atomic E-state index is 12.8. The average molecular weight is 331 g/mol. The molecule has 0 radical (unpaired) electrons. The van der Waals surface area contributed by atoms with E-state index >= 15 is 0 Å². The van der Waals surface area contributed by atoms with E-state index in [-0.39, 0.29) is 9.92 Å². The van der Waals surface area contributed by atoms with Crippen molar-refractivity contribution in [3.8, 4) is 0 Å². The zero-order valence-electron chi connectivity index (χ0n) is 12.4. The Morgan fingerprint density at radius 3 is 2.71 bits per heavy atom. The maximum atomic E-state index is 12.8. The van der Waals surface area contributed by atoms with Crippen molar-refractivity contribution in [1.29, 1.82) is 0 Å². The summed E-state index contributed by atoms with van der Waals surface area (Å²) in [7, 11) is -3.51. The standard InChI is InChI=1S/C15H23ClN2O2S/c1-2-12-4-3-8-18(9-7-12)21(19,20)15-6-5-13(11-17)10-14(15)16/h5-6,10,12H,2-4,7-9,11,17H2,1H3. The lowest BCUT2D eigenvalue weighted by atomic mass is 9.98. The van der Waals surface area contributed by atoms with Gasteiger partial charge in [-0.2, -0.15) is 4.31 Å². The first-order chi connectivity index (χ1) is 9.98. The Balaban J connectivity index is 2.25. The van der Waals surface area contributed by atoms with Gasteiger partial charge in [0.1, 0.15) is 4.90 Å². The normalized spacial score (nSPS) is 21.2. The monoisotopic (exact) mass is 330 g/mol. The Hall–Kier alpha value is -0.620. The van der Waals surface area contributed by atoms with Crippen LogP contribution in [0.15, 0.2) is 23.1 Å². The molecule has 4 nitrogen and oxygen atoms in total. The van der Waals surface area contributed by atoms with Crippen molar-refractivity contribution in [2.24, 2.45) is 11.7 Å². The largest absolute Gasteiger partial charge is 0.326 e. The number of benzene rings is 1. The highest BCUT2D eigenvalue weighted by Gasteiger charge is 2.28. The number of nitrogens with zero attached hydrogens (tertiary/aromatic N) is 1. The number of halogens is 1. The van der Waals surface area contributed by atoms with E-state index in [1.807, 2.05) is 0 Å². The fourth-order valence-electron chi connectivity index (χ4n) is 2.81. The molecule has 1 heterocycles. The first-order valence-corrected chi connectivity index (χ1v) is 9.29. The third-order valence-corrected chi connectivity index (χ3v) is 6.62. The van der Waals surface area contributed by atoms with E-state index < -0.39 is 10.0 Å². The highest BCUT2D eigenvalue weighted by Crippen LogP contribution is 2.29. The molecule has 118 valence electrons. The van der Waals surface area contributed by atoms with Crippen molar-refractivity contribution in [1.82, 2.24) is 4.31 Å². The van der Waals surface area contributed by atoms with Gasteiger partial charge in [0.05, 0.1) is 5.02 Å². The molecule has 0 aliphatic carbocycles. The minimum atomic E-state index is -3.51. The number of hydrogen-bond acceptors (Lipinski definition) is 3. The van der Waals surface area contributed by atoms with Gasteiger partial charge in [-0.1, -0.05) is 31.0 Å². The summed E-state index contributed by atoms with van der Waals surface area (Å²) in [6, 6.07) is 4.94. The summed E-state index contributed by atoms with van der Waals surface area (Å²) >= 11 is 6.15. The molecule has 1 saturated heterocycles. The summed E-state index contributed by atoms with van der Waals surface area (Å²) in [6.07, 6.45) is 4.05. The molecule has 2 N–H and O–H groups in total. The molecular formula is C15H23ClN2O2S. The summed E-state index contributed by atoms with van der Waals surface area (Å²) in [6.45, 7) is 3.67.